The molecule has 1 amide bonds. The first kappa shape index (κ1) is 17.3. The van der Waals surface area contributed by atoms with E-state index in [0.29, 0.717) is 6.54 Å². The van der Waals surface area contributed by atoms with Gasteiger partial charge in [-0.15, -0.1) is 0 Å². The molecular weight excluding hydrogens is 354 g/mol. The van der Waals surface area contributed by atoms with Gasteiger partial charge in [-0.3, -0.25) is 4.79 Å². The van der Waals surface area contributed by atoms with E-state index in [9.17, 15) is 4.79 Å². The lowest BCUT2D eigenvalue weighted by Gasteiger charge is -2.19. The average Bonchev–Trinajstić information content (AvgIpc) is 2.54. The molecule has 0 aliphatic heterocycles. The summed E-state index contributed by atoms with van der Waals surface area (Å²) < 4.78 is 1.02. The van der Waals surface area contributed by atoms with Gasteiger partial charge in [0.1, 0.15) is 0 Å². The van der Waals surface area contributed by atoms with Crippen molar-refractivity contribution in [2.45, 2.75) is 6.54 Å². The molecule has 2 aromatic rings. The van der Waals surface area contributed by atoms with Gasteiger partial charge in [0.15, 0.2) is 0 Å². The summed E-state index contributed by atoms with van der Waals surface area (Å²) in [5.74, 6) is 0.0598. The number of amides is 1. The monoisotopic (exact) mass is 375 g/mol. The molecule has 0 unspecified atom stereocenters. The summed E-state index contributed by atoms with van der Waals surface area (Å²) >= 11 is 3.39. The minimum atomic E-state index is 0.0598. The van der Waals surface area contributed by atoms with Crippen molar-refractivity contribution in [2.24, 2.45) is 0 Å². The SMILES string of the molecule is CN(Cc1ccc(N(C)C)cc1)C(=O)CNc1ccc(Br)cc1. The van der Waals surface area contributed by atoms with E-state index < -0.39 is 0 Å². The Balaban J connectivity index is 1.85. The molecule has 0 aliphatic rings. The summed E-state index contributed by atoms with van der Waals surface area (Å²) in [4.78, 5) is 16.0. The molecular formula is C18H22BrN3O. The van der Waals surface area contributed by atoms with Crippen LogP contribution in [0.25, 0.3) is 0 Å². The van der Waals surface area contributed by atoms with E-state index in [2.05, 4.69) is 50.4 Å². The predicted octanol–water partition coefficient (Wildman–Crippen LogP) is 3.59. The minimum Gasteiger partial charge on any atom is -0.378 e. The molecule has 23 heavy (non-hydrogen) atoms. The van der Waals surface area contributed by atoms with Crippen molar-refractivity contribution in [3.63, 3.8) is 0 Å². The van der Waals surface area contributed by atoms with Gasteiger partial charge >= 0.3 is 0 Å². The lowest BCUT2D eigenvalue weighted by molar-refractivity contribution is -0.128. The van der Waals surface area contributed by atoms with Crippen molar-refractivity contribution in [3.05, 3.63) is 58.6 Å². The standard InChI is InChI=1S/C18H22BrN3O/c1-21(2)17-10-4-14(5-11-17)13-22(3)18(23)12-20-16-8-6-15(19)7-9-16/h4-11,20H,12-13H2,1-3H3. The van der Waals surface area contributed by atoms with Crippen molar-refractivity contribution in [3.8, 4) is 0 Å². The number of rotatable bonds is 6. The van der Waals surface area contributed by atoms with Crippen molar-refractivity contribution >= 4 is 33.2 Å². The average molecular weight is 376 g/mol. The highest BCUT2D eigenvalue weighted by Crippen LogP contribution is 2.15. The topological polar surface area (TPSA) is 35.6 Å². The summed E-state index contributed by atoms with van der Waals surface area (Å²) in [6.07, 6.45) is 0. The van der Waals surface area contributed by atoms with Gasteiger partial charge < -0.3 is 15.1 Å². The lowest BCUT2D eigenvalue weighted by Crippen LogP contribution is -2.31. The van der Waals surface area contributed by atoms with Gasteiger partial charge in [-0.05, 0) is 42.0 Å². The first-order chi connectivity index (χ1) is 11.0. The number of nitrogens with one attached hydrogen (secondary N) is 1. The Labute approximate surface area is 146 Å². The van der Waals surface area contributed by atoms with E-state index >= 15 is 0 Å². The normalized spacial score (nSPS) is 10.3. The Hall–Kier alpha value is -2.01. The lowest BCUT2D eigenvalue weighted by atomic mass is 10.2. The predicted molar refractivity (Wildman–Crippen MR) is 99.9 cm³/mol. The number of carbonyl (C=O) groups excluding carboxylic acids is 1. The number of anilines is 2. The van der Waals surface area contributed by atoms with E-state index in [4.69, 9.17) is 0 Å². The highest BCUT2D eigenvalue weighted by molar-refractivity contribution is 9.10. The number of likely N-dealkylation sites (N-methyl/N-ethyl adjacent to an activating group) is 1. The number of halogens is 1. The van der Waals surface area contributed by atoms with E-state index in [1.807, 2.05) is 45.4 Å². The largest absolute Gasteiger partial charge is 0.378 e. The number of hydrogen-bond acceptors (Lipinski definition) is 3. The van der Waals surface area contributed by atoms with Crippen molar-refractivity contribution in [2.75, 3.05) is 37.9 Å². The molecule has 2 aromatic carbocycles. The van der Waals surface area contributed by atoms with Crippen LogP contribution in [0.4, 0.5) is 11.4 Å². The third kappa shape index (κ3) is 5.28. The molecule has 5 heteroatoms. The fourth-order valence-electron chi connectivity index (χ4n) is 2.14. The number of carbonyl (C=O) groups is 1. The molecule has 0 saturated carbocycles. The number of nitrogens with zero attached hydrogens (tertiary/aromatic N) is 2. The smallest absolute Gasteiger partial charge is 0.241 e. The summed E-state index contributed by atoms with van der Waals surface area (Å²) in [5, 5.41) is 3.14. The highest BCUT2D eigenvalue weighted by atomic mass is 79.9. The zero-order chi connectivity index (χ0) is 16.8. The molecule has 4 nitrogen and oxygen atoms in total. The molecule has 122 valence electrons. The molecule has 0 radical (unpaired) electrons. The molecule has 1 N–H and O–H groups in total. The molecule has 0 aliphatic carbocycles. The van der Waals surface area contributed by atoms with Gasteiger partial charge in [0.25, 0.3) is 0 Å². The van der Waals surface area contributed by atoms with Crippen LogP contribution in [0.2, 0.25) is 0 Å². The Morgan fingerprint density at radius 3 is 2.17 bits per heavy atom. The summed E-state index contributed by atoms with van der Waals surface area (Å²) in [6.45, 7) is 0.891. The summed E-state index contributed by atoms with van der Waals surface area (Å²) in [6, 6.07) is 16.0. The molecule has 0 spiro atoms. The minimum absolute atomic E-state index is 0.0598. The van der Waals surface area contributed by atoms with Gasteiger partial charge in [-0.25, -0.2) is 0 Å². The molecule has 0 saturated heterocycles. The van der Waals surface area contributed by atoms with Crippen LogP contribution in [0.15, 0.2) is 53.0 Å². The van der Waals surface area contributed by atoms with Crippen molar-refractivity contribution < 1.29 is 4.79 Å². The maximum Gasteiger partial charge on any atom is 0.241 e. The molecule has 0 aromatic heterocycles. The molecule has 0 atom stereocenters. The van der Waals surface area contributed by atoms with Gasteiger partial charge in [0.05, 0.1) is 6.54 Å². The van der Waals surface area contributed by atoms with Crippen LogP contribution in [-0.2, 0) is 11.3 Å². The maximum atomic E-state index is 12.2. The number of benzene rings is 2. The van der Waals surface area contributed by atoms with Crippen LogP contribution in [-0.4, -0.2) is 38.5 Å². The molecule has 0 fully saturated rings. The van der Waals surface area contributed by atoms with E-state index in [0.717, 1.165) is 21.4 Å². The third-order valence-electron chi connectivity index (χ3n) is 3.59. The quantitative estimate of drug-likeness (QED) is 0.837. The zero-order valence-electron chi connectivity index (χ0n) is 13.7. The van der Waals surface area contributed by atoms with Crippen LogP contribution in [0.3, 0.4) is 0 Å². The fraction of sp³-hybridized carbons (Fsp3) is 0.278. The first-order valence-electron chi connectivity index (χ1n) is 7.45. The second kappa shape index (κ2) is 8.02. The van der Waals surface area contributed by atoms with Gasteiger partial charge in [-0.2, -0.15) is 0 Å². The second-order valence-electron chi connectivity index (χ2n) is 5.67. The van der Waals surface area contributed by atoms with E-state index in [1.54, 1.807) is 4.90 Å². The first-order valence-corrected chi connectivity index (χ1v) is 8.24. The summed E-state index contributed by atoms with van der Waals surface area (Å²) in [5.41, 5.74) is 3.21. The Morgan fingerprint density at radius 1 is 1.00 bits per heavy atom. The van der Waals surface area contributed by atoms with Crippen LogP contribution in [0.1, 0.15) is 5.56 Å². The van der Waals surface area contributed by atoms with Crippen LogP contribution < -0.4 is 10.2 Å². The maximum absolute atomic E-state index is 12.2. The van der Waals surface area contributed by atoms with Gasteiger partial charge in [0, 0.05) is 43.5 Å². The summed E-state index contributed by atoms with van der Waals surface area (Å²) in [7, 11) is 5.85. The van der Waals surface area contributed by atoms with Gasteiger partial charge in [0.2, 0.25) is 5.91 Å². The van der Waals surface area contributed by atoms with E-state index in [1.165, 1.54) is 0 Å². The second-order valence-corrected chi connectivity index (χ2v) is 6.59. The van der Waals surface area contributed by atoms with E-state index in [-0.39, 0.29) is 12.5 Å². The fourth-order valence-corrected chi connectivity index (χ4v) is 2.41. The molecule has 2 rings (SSSR count). The molecule has 0 bridgehead atoms. The molecule has 0 heterocycles. The Morgan fingerprint density at radius 2 is 1.61 bits per heavy atom. The van der Waals surface area contributed by atoms with Crippen molar-refractivity contribution in [1.29, 1.82) is 0 Å². The van der Waals surface area contributed by atoms with Crippen molar-refractivity contribution in [1.82, 2.24) is 4.90 Å². The van der Waals surface area contributed by atoms with Crippen LogP contribution in [0.5, 0.6) is 0 Å². The zero-order valence-corrected chi connectivity index (χ0v) is 15.3. The Kier molecular flexibility index (Phi) is 6.04. The van der Waals surface area contributed by atoms with Crippen LogP contribution in [0, 0.1) is 0 Å². The third-order valence-corrected chi connectivity index (χ3v) is 4.11. The van der Waals surface area contributed by atoms with Gasteiger partial charge in [-0.1, -0.05) is 28.1 Å². The number of hydrogen-bond donors (Lipinski definition) is 1. The Bertz CT molecular complexity index is 638. The highest BCUT2D eigenvalue weighted by Gasteiger charge is 2.09. The van der Waals surface area contributed by atoms with Crippen LogP contribution >= 0.6 is 15.9 Å².